The number of hydrogen-bond acceptors (Lipinski definition) is 4. The van der Waals surface area contributed by atoms with Crippen molar-refractivity contribution < 1.29 is 4.74 Å². The van der Waals surface area contributed by atoms with E-state index in [4.69, 9.17) is 4.74 Å². The van der Waals surface area contributed by atoms with Gasteiger partial charge in [0.25, 0.3) is 0 Å². The van der Waals surface area contributed by atoms with Crippen molar-refractivity contribution in [1.29, 1.82) is 0 Å². The molecule has 1 aliphatic rings. The van der Waals surface area contributed by atoms with Crippen LogP contribution >= 0.6 is 0 Å². The van der Waals surface area contributed by atoms with E-state index >= 15 is 0 Å². The number of pyridine rings is 1. The fourth-order valence-electron chi connectivity index (χ4n) is 5.33. The maximum absolute atomic E-state index is 6.41. The Morgan fingerprint density at radius 2 is 1.35 bits per heavy atom. The first-order valence-electron chi connectivity index (χ1n) is 13.3. The van der Waals surface area contributed by atoms with Crippen LogP contribution in [0.4, 0.5) is 22.7 Å². The van der Waals surface area contributed by atoms with Crippen molar-refractivity contribution in [3.8, 4) is 5.75 Å². The Hall–Kier alpha value is -3.79. The third-order valence-corrected chi connectivity index (χ3v) is 7.17. The molecule has 0 aliphatic carbocycles. The molecule has 0 bridgehead atoms. The molecule has 37 heavy (non-hydrogen) atoms. The second kappa shape index (κ2) is 10.7. The van der Waals surface area contributed by atoms with E-state index in [2.05, 4.69) is 110 Å². The predicted molar refractivity (Wildman–Crippen MR) is 155 cm³/mol. The molecule has 0 atom stereocenters. The second-order valence-electron chi connectivity index (χ2n) is 10.4. The number of ether oxygens (including phenoxy) is 1. The number of aromatic nitrogens is 1. The van der Waals surface area contributed by atoms with E-state index < -0.39 is 0 Å². The molecule has 4 heteroatoms. The summed E-state index contributed by atoms with van der Waals surface area (Å²) >= 11 is 0. The maximum atomic E-state index is 6.41. The molecule has 0 saturated heterocycles. The summed E-state index contributed by atoms with van der Waals surface area (Å²) in [6, 6.07) is 27.9. The Morgan fingerprint density at radius 1 is 0.730 bits per heavy atom. The predicted octanol–water partition coefficient (Wildman–Crippen LogP) is 8.51. The average molecular weight is 492 g/mol. The molecular weight excluding hydrogens is 454 g/mol. The molecule has 4 aromatic rings. The van der Waals surface area contributed by atoms with Crippen molar-refractivity contribution in [2.45, 2.75) is 52.9 Å². The van der Waals surface area contributed by atoms with Crippen LogP contribution in [-0.2, 0) is 6.42 Å². The smallest absolute Gasteiger partial charge is 0.143 e. The first-order valence-corrected chi connectivity index (χ1v) is 13.3. The van der Waals surface area contributed by atoms with Crippen LogP contribution in [0, 0.1) is 6.92 Å². The Balaban J connectivity index is 1.54. The number of aryl methyl sites for hydroxylation is 1. The second-order valence-corrected chi connectivity index (χ2v) is 10.4. The largest absolute Gasteiger partial charge is 0.491 e. The minimum Gasteiger partial charge on any atom is -0.491 e. The molecule has 1 aromatic heterocycles. The standard InChI is InChI=1S/C33H37N3O/c1-23(2)27-14-11-15-28(24(3)4)33(27)36-22-35(29-16-6-7-17-30(29)36)32-25(5)12-10-18-31(32)37-21-19-26-13-8-9-20-34-26/h6-18,20,23-24H,19,21-22H2,1-5H3. The molecule has 1 aliphatic heterocycles. The van der Waals surface area contributed by atoms with Crippen LogP contribution in [0.2, 0.25) is 0 Å². The van der Waals surface area contributed by atoms with Gasteiger partial charge < -0.3 is 14.5 Å². The van der Waals surface area contributed by atoms with E-state index in [1.807, 2.05) is 24.4 Å². The lowest BCUT2D eigenvalue weighted by atomic mass is 9.92. The van der Waals surface area contributed by atoms with E-state index in [1.54, 1.807) is 0 Å². The van der Waals surface area contributed by atoms with Crippen molar-refractivity contribution in [3.63, 3.8) is 0 Å². The average Bonchev–Trinajstić information content (AvgIpc) is 3.28. The highest BCUT2D eigenvalue weighted by atomic mass is 16.5. The lowest BCUT2D eigenvalue weighted by Crippen LogP contribution is -2.27. The van der Waals surface area contributed by atoms with Crippen LogP contribution in [0.1, 0.15) is 61.9 Å². The van der Waals surface area contributed by atoms with Crippen molar-refractivity contribution in [3.05, 3.63) is 107 Å². The van der Waals surface area contributed by atoms with Crippen molar-refractivity contribution in [2.75, 3.05) is 23.1 Å². The highest BCUT2D eigenvalue weighted by molar-refractivity contribution is 5.90. The molecule has 0 radical (unpaired) electrons. The molecule has 3 aromatic carbocycles. The Labute approximate surface area is 221 Å². The Bertz CT molecular complexity index is 1340. The SMILES string of the molecule is Cc1cccc(OCCc2ccccn2)c1N1CN(c2c(C(C)C)cccc2C(C)C)c2ccccc21. The molecule has 0 N–H and O–H groups in total. The lowest BCUT2D eigenvalue weighted by molar-refractivity contribution is 0.321. The zero-order chi connectivity index (χ0) is 25.9. The van der Waals surface area contributed by atoms with Crippen molar-refractivity contribution in [1.82, 2.24) is 4.98 Å². The summed E-state index contributed by atoms with van der Waals surface area (Å²) in [6.45, 7) is 12.7. The molecule has 0 amide bonds. The summed E-state index contributed by atoms with van der Waals surface area (Å²) < 4.78 is 6.41. The summed E-state index contributed by atoms with van der Waals surface area (Å²) in [5, 5.41) is 0. The van der Waals surface area contributed by atoms with Crippen LogP contribution in [0.5, 0.6) is 5.75 Å². The molecule has 0 fully saturated rings. The number of benzene rings is 3. The molecule has 2 heterocycles. The first kappa shape index (κ1) is 24.9. The van der Waals surface area contributed by atoms with Crippen molar-refractivity contribution >= 4 is 22.7 Å². The number of fused-ring (bicyclic) bond motifs is 1. The van der Waals surface area contributed by atoms with Gasteiger partial charge in [0.1, 0.15) is 12.4 Å². The fourth-order valence-corrected chi connectivity index (χ4v) is 5.33. The molecule has 0 saturated carbocycles. The highest BCUT2D eigenvalue weighted by Gasteiger charge is 2.33. The summed E-state index contributed by atoms with van der Waals surface area (Å²) in [6.07, 6.45) is 2.61. The summed E-state index contributed by atoms with van der Waals surface area (Å²) in [5.74, 6) is 1.77. The molecule has 190 valence electrons. The third-order valence-electron chi connectivity index (χ3n) is 7.17. The number of rotatable bonds is 8. The first-order chi connectivity index (χ1) is 18.0. The van der Waals surface area contributed by atoms with Gasteiger partial charge in [0.05, 0.1) is 23.7 Å². The van der Waals surface area contributed by atoms with Crippen LogP contribution in [0.15, 0.2) is 85.1 Å². The monoisotopic (exact) mass is 491 g/mol. The molecule has 4 nitrogen and oxygen atoms in total. The molecule has 5 rings (SSSR count). The van der Waals surface area contributed by atoms with Crippen LogP contribution in [0.25, 0.3) is 0 Å². The molecular formula is C33H37N3O. The van der Waals surface area contributed by atoms with Gasteiger partial charge in [-0.3, -0.25) is 4.98 Å². The van der Waals surface area contributed by atoms with Gasteiger partial charge in [-0.2, -0.15) is 0 Å². The van der Waals surface area contributed by atoms with Gasteiger partial charge >= 0.3 is 0 Å². The van der Waals surface area contributed by atoms with Crippen LogP contribution in [0.3, 0.4) is 0 Å². The number of nitrogens with zero attached hydrogens (tertiary/aromatic N) is 3. The zero-order valence-electron chi connectivity index (χ0n) is 22.6. The highest BCUT2D eigenvalue weighted by Crippen LogP contribution is 2.50. The van der Waals surface area contributed by atoms with Gasteiger partial charge in [0.2, 0.25) is 0 Å². The maximum Gasteiger partial charge on any atom is 0.143 e. The molecule has 0 unspecified atom stereocenters. The van der Waals surface area contributed by atoms with E-state index in [9.17, 15) is 0 Å². The van der Waals surface area contributed by atoms with Gasteiger partial charge in [-0.1, -0.05) is 76.2 Å². The third kappa shape index (κ3) is 4.93. The normalized spacial score (nSPS) is 12.9. The minimum absolute atomic E-state index is 0.430. The van der Waals surface area contributed by atoms with Gasteiger partial charge in [-0.15, -0.1) is 0 Å². The summed E-state index contributed by atoms with van der Waals surface area (Å²) in [7, 11) is 0. The van der Waals surface area contributed by atoms with E-state index in [-0.39, 0.29) is 0 Å². The number of hydrogen-bond donors (Lipinski definition) is 0. The molecule has 0 spiro atoms. The minimum atomic E-state index is 0.430. The quantitative estimate of drug-likeness (QED) is 0.247. The van der Waals surface area contributed by atoms with Crippen LogP contribution in [-0.4, -0.2) is 18.3 Å². The van der Waals surface area contributed by atoms with Gasteiger partial charge in [-0.25, -0.2) is 0 Å². The van der Waals surface area contributed by atoms with Gasteiger partial charge in [0, 0.05) is 24.0 Å². The lowest BCUT2D eigenvalue weighted by Gasteiger charge is -2.30. The fraction of sp³-hybridized carbons (Fsp3) is 0.303. The number of para-hydroxylation sites is 4. The van der Waals surface area contributed by atoms with Crippen LogP contribution < -0.4 is 14.5 Å². The Kier molecular flexibility index (Phi) is 7.18. The van der Waals surface area contributed by atoms with Crippen molar-refractivity contribution in [2.24, 2.45) is 0 Å². The summed E-state index contributed by atoms with van der Waals surface area (Å²) in [5.41, 5.74) is 9.94. The van der Waals surface area contributed by atoms with Gasteiger partial charge in [0.15, 0.2) is 0 Å². The zero-order valence-corrected chi connectivity index (χ0v) is 22.6. The van der Waals surface area contributed by atoms with E-state index in [0.717, 1.165) is 30.2 Å². The summed E-state index contributed by atoms with van der Waals surface area (Å²) in [4.78, 5) is 9.37. The topological polar surface area (TPSA) is 28.6 Å². The Morgan fingerprint density at radius 3 is 1.97 bits per heavy atom. The van der Waals surface area contributed by atoms with E-state index in [1.165, 1.54) is 33.8 Å². The van der Waals surface area contributed by atoms with E-state index in [0.29, 0.717) is 18.4 Å². The van der Waals surface area contributed by atoms with Gasteiger partial charge in [-0.05, 0) is 65.8 Å². The number of anilines is 4.